The Kier molecular flexibility index (Phi) is 11.9. The van der Waals surface area contributed by atoms with Crippen molar-refractivity contribution in [2.24, 2.45) is 11.5 Å². The Balaban J connectivity index is 1.88. The molecule has 1 heterocycles. The fourth-order valence-electron chi connectivity index (χ4n) is 6.76. The number of benzene rings is 2. The van der Waals surface area contributed by atoms with Gasteiger partial charge in [0.25, 0.3) is 0 Å². The monoisotopic (exact) mass is 603 g/mol. The van der Waals surface area contributed by atoms with Crippen molar-refractivity contribution in [3.63, 3.8) is 0 Å². The number of nitrogens with two attached hydrogens (primary N) is 2. The highest BCUT2D eigenvalue weighted by Crippen LogP contribution is 2.45. The predicted molar refractivity (Wildman–Crippen MR) is 174 cm³/mol. The van der Waals surface area contributed by atoms with Crippen LogP contribution in [0.25, 0.3) is 10.9 Å². The Bertz CT molecular complexity index is 1450. The lowest BCUT2D eigenvalue weighted by Crippen LogP contribution is -2.25. The molecule has 3 aromatic rings. The zero-order valence-corrected chi connectivity index (χ0v) is 26.7. The third-order valence-corrected chi connectivity index (χ3v) is 8.55. The number of ether oxygens (including phenoxy) is 2. The molecule has 4 N–H and O–H groups in total. The van der Waals surface area contributed by atoms with Crippen molar-refractivity contribution in [3.8, 4) is 5.75 Å². The minimum atomic E-state index is -0.435. The van der Waals surface area contributed by atoms with E-state index in [4.69, 9.17) is 20.9 Å². The van der Waals surface area contributed by atoms with Crippen molar-refractivity contribution in [1.29, 1.82) is 0 Å². The number of amides is 2. The van der Waals surface area contributed by atoms with Gasteiger partial charge in [0.15, 0.2) is 6.61 Å². The molecular weight excluding hydrogens is 554 g/mol. The summed E-state index contributed by atoms with van der Waals surface area (Å²) in [5.41, 5.74) is 19.6. The summed E-state index contributed by atoms with van der Waals surface area (Å²) in [4.78, 5) is 36.4. The van der Waals surface area contributed by atoms with Crippen molar-refractivity contribution in [1.82, 2.24) is 4.57 Å². The van der Waals surface area contributed by atoms with Gasteiger partial charge in [0.2, 0.25) is 11.8 Å². The molecule has 0 aliphatic heterocycles. The van der Waals surface area contributed by atoms with Crippen molar-refractivity contribution >= 4 is 28.7 Å². The zero-order chi connectivity index (χ0) is 31.6. The highest BCUT2D eigenvalue weighted by molar-refractivity contribution is 5.99. The summed E-state index contributed by atoms with van der Waals surface area (Å²) in [6.45, 7) is 6.92. The topological polar surface area (TPSA) is 127 Å². The first-order chi connectivity index (χ1) is 21.3. The molecule has 0 spiro atoms. The number of esters is 1. The number of carbonyl (C=O) groups excluding carboxylic acids is 3. The molecule has 0 saturated carbocycles. The number of hydrogen-bond acceptors (Lipinski definition) is 5. The fourth-order valence-corrected chi connectivity index (χ4v) is 6.76. The van der Waals surface area contributed by atoms with Crippen LogP contribution in [0.2, 0.25) is 0 Å². The second kappa shape index (κ2) is 15.8. The minimum Gasteiger partial charge on any atom is -0.481 e. The maximum Gasteiger partial charge on any atom is 0.344 e. The zero-order valence-electron chi connectivity index (χ0n) is 26.7. The third-order valence-electron chi connectivity index (χ3n) is 8.55. The fraction of sp³-hybridized carbons (Fsp3) is 0.528. The quantitative estimate of drug-likeness (QED) is 0.144. The molecule has 1 aliphatic carbocycles. The summed E-state index contributed by atoms with van der Waals surface area (Å²) in [5.74, 6) is -0.911. The number of unbranched alkanes of at least 4 members (excludes halogenated alkanes) is 2. The normalized spacial score (nSPS) is 14.4. The van der Waals surface area contributed by atoms with Crippen molar-refractivity contribution < 1.29 is 23.9 Å². The van der Waals surface area contributed by atoms with E-state index in [1.54, 1.807) is 6.92 Å². The Morgan fingerprint density at radius 1 is 0.909 bits per heavy atom. The van der Waals surface area contributed by atoms with E-state index in [0.29, 0.717) is 25.1 Å². The van der Waals surface area contributed by atoms with Crippen molar-refractivity contribution in [2.75, 3.05) is 13.2 Å². The molecule has 8 nitrogen and oxygen atoms in total. The van der Waals surface area contributed by atoms with Crippen LogP contribution in [-0.4, -0.2) is 35.6 Å². The molecule has 44 heavy (non-hydrogen) atoms. The molecule has 2 amide bonds. The molecule has 0 fully saturated rings. The highest BCUT2D eigenvalue weighted by atomic mass is 16.6. The molecule has 2 aromatic carbocycles. The van der Waals surface area contributed by atoms with Gasteiger partial charge in [-0.25, -0.2) is 4.79 Å². The molecule has 4 rings (SSSR count). The molecule has 238 valence electrons. The maximum absolute atomic E-state index is 12.9. The van der Waals surface area contributed by atoms with Gasteiger partial charge in [0.1, 0.15) is 5.75 Å². The van der Waals surface area contributed by atoms with Crippen LogP contribution in [0.1, 0.15) is 112 Å². The van der Waals surface area contributed by atoms with Gasteiger partial charge in [0, 0.05) is 24.0 Å². The Morgan fingerprint density at radius 3 is 2.25 bits per heavy atom. The number of rotatable bonds is 17. The lowest BCUT2D eigenvalue weighted by Gasteiger charge is -2.23. The molecule has 0 bridgehead atoms. The number of aryl methyl sites for hydroxylation is 3. The van der Waals surface area contributed by atoms with Gasteiger partial charge in [-0.05, 0) is 92.2 Å². The SMILES string of the molecule is CCCc1cc(CCC)cc(Cn2c3c(c4c(OCC(=O)OCC)ccc(CCCCCC(N)=O)c42)C(C(N)=O)CCC3)c1. The van der Waals surface area contributed by atoms with Gasteiger partial charge in [-0.3, -0.25) is 9.59 Å². The molecule has 1 aliphatic rings. The predicted octanol–water partition coefficient (Wildman–Crippen LogP) is 6.03. The van der Waals surface area contributed by atoms with Gasteiger partial charge in [0.05, 0.1) is 18.0 Å². The van der Waals surface area contributed by atoms with Crippen LogP contribution in [0.15, 0.2) is 30.3 Å². The number of fused-ring (bicyclic) bond motifs is 3. The molecule has 8 heteroatoms. The second-order valence-corrected chi connectivity index (χ2v) is 12.0. The van der Waals surface area contributed by atoms with Gasteiger partial charge >= 0.3 is 5.97 Å². The largest absolute Gasteiger partial charge is 0.481 e. The number of carbonyl (C=O) groups is 3. The van der Waals surface area contributed by atoms with Crippen LogP contribution < -0.4 is 16.2 Å². The van der Waals surface area contributed by atoms with E-state index in [0.717, 1.165) is 91.9 Å². The first-order valence-corrected chi connectivity index (χ1v) is 16.4. The average Bonchev–Trinajstić information content (AvgIpc) is 3.31. The Morgan fingerprint density at radius 2 is 1.61 bits per heavy atom. The van der Waals surface area contributed by atoms with Gasteiger partial charge in [-0.15, -0.1) is 0 Å². The van der Waals surface area contributed by atoms with Crippen LogP contribution in [0.5, 0.6) is 5.75 Å². The third kappa shape index (κ3) is 8.01. The summed E-state index contributed by atoms with van der Waals surface area (Å²) in [6, 6.07) is 11.0. The number of primary amides is 2. The molecule has 1 unspecified atom stereocenters. The molecule has 0 saturated heterocycles. The van der Waals surface area contributed by atoms with Gasteiger partial charge in [-0.2, -0.15) is 0 Å². The minimum absolute atomic E-state index is 0.212. The summed E-state index contributed by atoms with van der Waals surface area (Å²) in [5, 5.41) is 0.876. The molecular formula is C36H49N3O5. The number of nitrogens with zero attached hydrogens (tertiary/aromatic N) is 1. The molecule has 0 radical (unpaired) electrons. The van der Waals surface area contributed by atoms with Crippen molar-refractivity contribution in [3.05, 3.63) is 63.8 Å². The van der Waals surface area contributed by atoms with E-state index in [-0.39, 0.29) is 25.0 Å². The van der Waals surface area contributed by atoms with E-state index in [1.807, 2.05) is 6.07 Å². The summed E-state index contributed by atoms with van der Waals surface area (Å²) in [7, 11) is 0. The summed E-state index contributed by atoms with van der Waals surface area (Å²) >= 11 is 0. The Hall–Kier alpha value is -3.81. The number of aromatic nitrogens is 1. The van der Waals surface area contributed by atoms with E-state index < -0.39 is 11.9 Å². The summed E-state index contributed by atoms with van der Waals surface area (Å²) in [6.07, 6.45) is 10.3. The molecule has 1 aromatic heterocycles. The first kappa shape index (κ1) is 33.1. The lowest BCUT2D eigenvalue weighted by molar-refractivity contribution is -0.145. The lowest BCUT2D eigenvalue weighted by atomic mass is 9.84. The van der Waals surface area contributed by atoms with E-state index in [2.05, 4.69) is 42.7 Å². The van der Waals surface area contributed by atoms with E-state index in [9.17, 15) is 14.4 Å². The molecule has 1 atom stereocenters. The van der Waals surface area contributed by atoms with E-state index in [1.165, 1.54) is 16.7 Å². The Labute approximate surface area is 261 Å². The average molecular weight is 604 g/mol. The van der Waals surface area contributed by atoms with Gasteiger partial charge in [-0.1, -0.05) is 57.4 Å². The smallest absolute Gasteiger partial charge is 0.344 e. The standard InChI is InChI=1S/C36H49N3O5/c1-4-11-24-19-25(12-5-2)21-26(20-24)22-39-29-15-10-14-28(36(38)42)33(29)34-30(44-23-32(41)43-6-3)18-17-27(35(34)39)13-8-7-9-16-31(37)40/h17-21,28H,4-16,22-23H2,1-3H3,(H2,37,40)(H2,38,42). The van der Waals surface area contributed by atoms with E-state index >= 15 is 0 Å². The second-order valence-electron chi connectivity index (χ2n) is 12.0. The van der Waals surface area contributed by atoms with Crippen LogP contribution >= 0.6 is 0 Å². The van der Waals surface area contributed by atoms with Crippen LogP contribution in [0, 0.1) is 0 Å². The van der Waals surface area contributed by atoms with Crippen molar-refractivity contribution in [2.45, 2.75) is 110 Å². The number of hydrogen-bond donors (Lipinski definition) is 2. The first-order valence-electron chi connectivity index (χ1n) is 16.4. The van der Waals surface area contributed by atoms with Gasteiger partial charge < -0.3 is 25.5 Å². The van der Waals surface area contributed by atoms with Crippen LogP contribution in [0.3, 0.4) is 0 Å². The van der Waals surface area contributed by atoms with Crippen LogP contribution in [-0.2, 0) is 51.3 Å². The maximum atomic E-state index is 12.9. The highest BCUT2D eigenvalue weighted by Gasteiger charge is 2.33. The summed E-state index contributed by atoms with van der Waals surface area (Å²) < 4.78 is 13.6. The van der Waals surface area contributed by atoms with Crippen LogP contribution in [0.4, 0.5) is 0 Å².